The number of halogens is 1. The van der Waals surface area contributed by atoms with Crippen molar-refractivity contribution in [3.8, 4) is 11.5 Å². The summed E-state index contributed by atoms with van der Waals surface area (Å²) in [4.78, 5) is 16.6. The largest absolute Gasteiger partial charge is 0.493 e. The van der Waals surface area contributed by atoms with Crippen LogP contribution in [0.3, 0.4) is 0 Å². The van der Waals surface area contributed by atoms with E-state index in [1.54, 1.807) is 23.5 Å². The number of nitrogens with zero attached hydrogens (tertiary/aromatic N) is 1. The molecule has 2 heterocycles. The number of amides is 1. The predicted octanol–water partition coefficient (Wildman–Crippen LogP) is 4.62. The molecular weight excluding hydrogens is 396 g/mol. The van der Waals surface area contributed by atoms with Gasteiger partial charge in [-0.2, -0.15) is 0 Å². The lowest BCUT2D eigenvalue weighted by Crippen LogP contribution is -2.41. The van der Waals surface area contributed by atoms with Crippen LogP contribution in [0.25, 0.3) is 0 Å². The summed E-state index contributed by atoms with van der Waals surface area (Å²) in [6.45, 7) is 4.98. The zero-order chi connectivity index (χ0) is 20.1. The van der Waals surface area contributed by atoms with E-state index in [1.807, 2.05) is 0 Å². The van der Waals surface area contributed by atoms with Crippen LogP contribution >= 0.6 is 22.9 Å². The van der Waals surface area contributed by atoms with Crippen molar-refractivity contribution in [3.05, 3.63) is 45.1 Å². The number of likely N-dealkylation sites (tertiary alicyclic amines) is 1. The van der Waals surface area contributed by atoms with Crippen molar-refractivity contribution in [2.24, 2.45) is 5.92 Å². The molecule has 1 aliphatic rings. The Kier molecular flexibility index (Phi) is 7.21. The quantitative estimate of drug-likeness (QED) is 0.707. The van der Waals surface area contributed by atoms with E-state index in [1.165, 1.54) is 31.9 Å². The van der Waals surface area contributed by atoms with Crippen molar-refractivity contribution in [1.29, 1.82) is 0 Å². The number of carbonyl (C=O) groups excluding carboxylic acids is 1. The number of hydrogen-bond donors (Lipinski definition) is 1. The summed E-state index contributed by atoms with van der Waals surface area (Å²) in [7, 11) is 3.05. The van der Waals surface area contributed by atoms with Crippen molar-refractivity contribution in [2.75, 3.05) is 33.9 Å². The molecule has 1 fully saturated rings. The van der Waals surface area contributed by atoms with E-state index in [0.29, 0.717) is 28.6 Å². The maximum Gasteiger partial charge on any atom is 0.251 e. The molecule has 3 rings (SSSR count). The number of piperidine rings is 1. The van der Waals surface area contributed by atoms with E-state index in [9.17, 15) is 4.79 Å². The van der Waals surface area contributed by atoms with Crippen LogP contribution in [0.4, 0.5) is 0 Å². The van der Waals surface area contributed by atoms with Gasteiger partial charge in [-0.15, -0.1) is 11.3 Å². The van der Waals surface area contributed by atoms with Crippen molar-refractivity contribution >= 4 is 28.8 Å². The number of methoxy groups -OCH3 is 2. The first kappa shape index (κ1) is 21.0. The number of thiophene rings is 1. The third-order valence-electron chi connectivity index (χ3n) is 5.28. The van der Waals surface area contributed by atoms with Crippen LogP contribution in [0.2, 0.25) is 5.02 Å². The average molecular weight is 423 g/mol. The summed E-state index contributed by atoms with van der Waals surface area (Å²) in [6.07, 6.45) is 2.39. The van der Waals surface area contributed by atoms with Gasteiger partial charge in [0.05, 0.1) is 25.3 Å². The topological polar surface area (TPSA) is 50.8 Å². The minimum Gasteiger partial charge on any atom is -0.493 e. The van der Waals surface area contributed by atoms with Gasteiger partial charge < -0.3 is 14.8 Å². The summed E-state index contributed by atoms with van der Waals surface area (Å²) in [5.74, 6) is 1.47. The highest BCUT2D eigenvalue weighted by molar-refractivity contribution is 7.10. The number of benzene rings is 1. The Labute approximate surface area is 175 Å². The second-order valence-electron chi connectivity index (χ2n) is 7.15. The molecule has 28 heavy (non-hydrogen) atoms. The molecule has 0 saturated carbocycles. The van der Waals surface area contributed by atoms with Crippen LogP contribution in [0.1, 0.15) is 41.0 Å². The second-order valence-corrected chi connectivity index (χ2v) is 8.54. The van der Waals surface area contributed by atoms with E-state index in [2.05, 4.69) is 34.7 Å². The summed E-state index contributed by atoms with van der Waals surface area (Å²) in [6, 6.07) is 7.67. The lowest BCUT2D eigenvalue weighted by molar-refractivity contribution is 0.0914. The first-order valence-corrected chi connectivity index (χ1v) is 10.8. The van der Waals surface area contributed by atoms with E-state index < -0.39 is 0 Å². The molecule has 1 saturated heterocycles. The number of rotatable bonds is 7. The maximum atomic E-state index is 12.8. The Hall–Kier alpha value is -1.76. The standard InChI is InChI=1S/C21H27ClN2O3S/c1-14-6-8-24(9-7-14)17(19-5-4-10-28-19)13-23-21(25)15-11-16(22)20(27-3)18(12-15)26-2/h4-5,10-12,14,17H,6-9,13H2,1-3H3,(H,23,25). The van der Waals surface area contributed by atoms with Gasteiger partial charge in [-0.3, -0.25) is 9.69 Å². The normalized spacial score (nSPS) is 16.6. The molecule has 1 aromatic heterocycles. The Morgan fingerprint density at radius 3 is 2.68 bits per heavy atom. The molecule has 0 spiro atoms. The van der Waals surface area contributed by atoms with Crippen LogP contribution in [-0.2, 0) is 0 Å². The van der Waals surface area contributed by atoms with Gasteiger partial charge in [0, 0.05) is 17.0 Å². The Balaban J connectivity index is 1.73. The lowest BCUT2D eigenvalue weighted by Gasteiger charge is -2.36. The van der Waals surface area contributed by atoms with Gasteiger partial charge in [0.15, 0.2) is 11.5 Å². The summed E-state index contributed by atoms with van der Waals surface area (Å²) in [5, 5.41) is 5.52. The van der Waals surface area contributed by atoms with Crippen LogP contribution in [0, 0.1) is 5.92 Å². The molecule has 1 atom stereocenters. The van der Waals surface area contributed by atoms with Crippen LogP contribution < -0.4 is 14.8 Å². The van der Waals surface area contributed by atoms with Gasteiger partial charge in [0.25, 0.3) is 5.91 Å². The smallest absolute Gasteiger partial charge is 0.251 e. The molecule has 5 nitrogen and oxygen atoms in total. The van der Waals surface area contributed by atoms with E-state index in [4.69, 9.17) is 21.1 Å². The minimum absolute atomic E-state index is 0.171. The monoisotopic (exact) mass is 422 g/mol. The lowest BCUT2D eigenvalue weighted by atomic mass is 9.97. The van der Waals surface area contributed by atoms with Crippen molar-refractivity contribution < 1.29 is 14.3 Å². The molecule has 152 valence electrons. The summed E-state index contributed by atoms with van der Waals surface area (Å²) < 4.78 is 10.5. The fraction of sp³-hybridized carbons (Fsp3) is 0.476. The molecule has 1 N–H and O–H groups in total. The van der Waals surface area contributed by atoms with E-state index in [-0.39, 0.29) is 11.9 Å². The van der Waals surface area contributed by atoms with Gasteiger partial charge in [-0.25, -0.2) is 0 Å². The zero-order valence-corrected chi connectivity index (χ0v) is 18.1. The van der Waals surface area contributed by atoms with Crippen LogP contribution in [0.5, 0.6) is 11.5 Å². The highest BCUT2D eigenvalue weighted by Crippen LogP contribution is 2.36. The Bertz CT molecular complexity index is 789. The number of carbonyl (C=O) groups is 1. The molecule has 0 radical (unpaired) electrons. The molecule has 1 amide bonds. The van der Waals surface area contributed by atoms with Gasteiger partial charge in [-0.1, -0.05) is 24.6 Å². The zero-order valence-electron chi connectivity index (χ0n) is 16.5. The fourth-order valence-corrected chi connectivity index (χ4v) is 4.72. The van der Waals surface area contributed by atoms with Gasteiger partial charge in [-0.05, 0) is 55.4 Å². The summed E-state index contributed by atoms with van der Waals surface area (Å²) >= 11 is 7.98. The molecule has 7 heteroatoms. The Morgan fingerprint density at radius 1 is 1.32 bits per heavy atom. The highest BCUT2D eigenvalue weighted by Gasteiger charge is 2.26. The van der Waals surface area contributed by atoms with Gasteiger partial charge >= 0.3 is 0 Å². The molecule has 0 bridgehead atoms. The van der Waals surface area contributed by atoms with Crippen LogP contribution in [0.15, 0.2) is 29.6 Å². The minimum atomic E-state index is -0.171. The molecule has 1 aromatic carbocycles. The van der Waals surface area contributed by atoms with Crippen molar-refractivity contribution in [1.82, 2.24) is 10.2 Å². The number of nitrogens with one attached hydrogen (secondary N) is 1. The molecule has 0 aliphatic carbocycles. The van der Waals surface area contributed by atoms with Crippen molar-refractivity contribution in [3.63, 3.8) is 0 Å². The van der Waals surface area contributed by atoms with Crippen molar-refractivity contribution in [2.45, 2.75) is 25.8 Å². The molecule has 1 aliphatic heterocycles. The molecular formula is C21H27ClN2O3S. The highest BCUT2D eigenvalue weighted by atomic mass is 35.5. The molecule has 2 aromatic rings. The predicted molar refractivity (Wildman–Crippen MR) is 114 cm³/mol. The van der Waals surface area contributed by atoms with Gasteiger partial charge in [0.1, 0.15) is 0 Å². The Morgan fingerprint density at radius 2 is 2.07 bits per heavy atom. The third-order valence-corrected chi connectivity index (χ3v) is 6.54. The van der Waals surface area contributed by atoms with E-state index >= 15 is 0 Å². The second kappa shape index (κ2) is 9.63. The number of hydrogen-bond acceptors (Lipinski definition) is 5. The van der Waals surface area contributed by atoms with Gasteiger partial charge in [0.2, 0.25) is 0 Å². The summed E-state index contributed by atoms with van der Waals surface area (Å²) in [5.41, 5.74) is 0.458. The average Bonchev–Trinajstić information content (AvgIpc) is 3.23. The fourth-order valence-electron chi connectivity index (χ4n) is 3.57. The first-order valence-electron chi connectivity index (χ1n) is 9.50. The molecule has 1 unspecified atom stereocenters. The first-order chi connectivity index (χ1) is 13.5. The number of ether oxygens (including phenoxy) is 2. The third kappa shape index (κ3) is 4.80. The van der Waals surface area contributed by atoms with Crippen LogP contribution in [-0.4, -0.2) is 44.7 Å². The van der Waals surface area contributed by atoms with E-state index in [0.717, 1.165) is 19.0 Å². The maximum absolute atomic E-state index is 12.8. The SMILES string of the molecule is COc1cc(C(=O)NCC(c2cccs2)N2CCC(C)CC2)cc(Cl)c1OC.